The van der Waals surface area contributed by atoms with Gasteiger partial charge in [0.05, 0.1) is 17.3 Å². The number of pyridine rings is 1. The molecule has 3 heterocycles. The van der Waals surface area contributed by atoms with Crippen molar-refractivity contribution in [1.29, 1.82) is 0 Å². The van der Waals surface area contributed by atoms with E-state index in [2.05, 4.69) is 10.1 Å². The van der Waals surface area contributed by atoms with Gasteiger partial charge < -0.3 is 9.42 Å². The number of hydrogen-bond acceptors (Lipinski definition) is 4. The number of nitrogens with zero attached hydrogens (tertiary/aromatic N) is 3. The van der Waals surface area contributed by atoms with E-state index in [1.54, 1.807) is 23.2 Å². The Bertz CT molecular complexity index is 641. The van der Waals surface area contributed by atoms with E-state index >= 15 is 0 Å². The number of carbonyl (C=O) groups is 1. The topological polar surface area (TPSA) is 59.2 Å². The Morgan fingerprint density at radius 3 is 3.10 bits per heavy atom. The summed E-state index contributed by atoms with van der Waals surface area (Å²) in [6.45, 7) is 2.56. The highest BCUT2D eigenvalue weighted by Crippen LogP contribution is 2.34. The van der Waals surface area contributed by atoms with Gasteiger partial charge in [0.2, 0.25) is 0 Å². The van der Waals surface area contributed by atoms with Crippen LogP contribution in [0.1, 0.15) is 40.7 Å². The van der Waals surface area contributed by atoms with Crippen molar-refractivity contribution >= 4 is 17.5 Å². The molecule has 6 heteroatoms. The molecule has 5 nitrogen and oxygen atoms in total. The van der Waals surface area contributed by atoms with Gasteiger partial charge >= 0.3 is 0 Å². The molecule has 1 aliphatic heterocycles. The number of hydrogen-bond donors (Lipinski definition) is 0. The van der Waals surface area contributed by atoms with E-state index in [9.17, 15) is 4.79 Å². The lowest BCUT2D eigenvalue weighted by molar-refractivity contribution is 0.0714. The third-order valence-electron chi connectivity index (χ3n) is 3.48. The third kappa shape index (κ3) is 2.29. The van der Waals surface area contributed by atoms with Gasteiger partial charge in [-0.25, -0.2) is 4.98 Å². The molecule has 0 bridgehead atoms. The zero-order valence-electron chi connectivity index (χ0n) is 11.0. The van der Waals surface area contributed by atoms with Gasteiger partial charge in [0.15, 0.2) is 5.76 Å². The highest BCUT2D eigenvalue weighted by Gasteiger charge is 2.33. The second-order valence-corrected chi connectivity index (χ2v) is 5.23. The Morgan fingerprint density at radius 2 is 2.40 bits per heavy atom. The van der Waals surface area contributed by atoms with Gasteiger partial charge in [-0.3, -0.25) is 4.79 Å². The summed E-state index contributed by atoms with van der Waals surface area (Å²) in [5, 5.41) is 4.13. The van der Waals surface area contributed by atoms with Crippen LogP contribution in [0.15, 0.2) is 28.9 Å². The molecule has 0 aliphatic carbocycles. The Kier molecular flexibility index (Phi) is 3.44. The minimum absolute atomic E-state index is 0.0695. The van der Waals surface area contributed by atoms with E-state index in [0.29, 0.717) is 12.1 Å². The minimum Gasteiger partial charge on any atom is -0.359 e. The molecule has 0 aromatic carbocycles. The Hall–Kier alpha value is -1.88. The van der Waals surface area contributed by atoms with E-state index in [0.717, 1.165) is 24.3 Å². The van der Waals surface area contributed by atoms with E-state index in [-0.39, 0.29) is 17.1 Å². The molecular weight excluding hydrogens is 278 g/mol. The van der Waals surface area contributed by atoms with Crippen molar-refractivity contribution in [2.75, 3.05) is 6.54 Å². The highest BCUT2D eigenvalue weighted by molar-refractivity contribution is 6.32. The summed E-state index contributed by atoms with van der Waals surface area (Å²) in [7, 11) is 0. The smallest absolute Gasteiger partial charge is 0.257 e. The molecule has 1 aliphatic rings. The summed E-state index contributed by atoms with van der Waals surface area (Å²) in [6, 6.07) is 5.21. The van der Waals surface area contributed by atoms with E-state index in [4.69, 9.17) is 16.1 Å². The van der Waals surface area contributed by atoms with Crippen molar-refractivity contribution in [3.63, 3.8) is 0 Å². The molecule has 0 N–H and O–H groups in total. The Labute approximate surface area is 121 Å². The zero-order chi connectivity index (χ0) is 14.1. The zero-order valence-corrected chi connectivity index (χ0v) is 11.8. The van der Waals surface area contributed by atoms with Crippen molar-refractivity contribution in [3.8, 4) is 0 Å². The molecule has 104 valence electrons. The number of aryl methyl sites for hydroxylation is 1. The molecule has 0 radical (unpaired) electrons. The Balaban J connectivity index is 1.89. The molecule has 1 fully saturated rings. The molecule has 20 heavy (non-hydrogen) atoms. The maximum Gasteiger partial charge on any atom is 0.257 e. The lowest BCUT2D eigenvalue weighted by Crippen LogP contribution is -2.30. The SMILES string of the molecule is Cc1cc(C2CCCN2C(=O)c2cccnc2Cl)on1. The normalized spacial score (nSPS) is 18.5. The molecule has 0 spiro atoms. The molecule has 2 aromatic rings. The summed E-state index contributed by atoms with van der Waals surface area (Å²) in [5.74, 6) is 0.619. The van der Waals surface area contributed by atoms with Gasteiger partial charge in [0, 0.05) is 18.8 Å². The molecule has 1 saturated heterocycles. The maximum atomic E-state index is 12.6. The molecule has 3 rings (SSSR count). The molecule has 2 aromatic heterocycles. The number of rotatable bonds is 2. The molecule has 1 atom stereocenters. The van der Waals surface area contributed by atoms with Crippen LogP contribution >= 0.6 is 11.6 Å². The van der Waals surface area contributed by atoms with Gasteiger partial charge in [0.25, 0.3) is 5.91 Å². The third-order valence-corrected chi connectivity index (χ3v) is 3.78. The summed E-state index contributed by atoms with van der Waals surface area (Å²) in [5.41, 5.74) is 1.25. The van der Waals surface area contributed by atoms with E-state index in [1.165, 1.54) is 0 Å². The number of amides is 1. The lowest BCUT2D eigenvalue weighted by atomic mass is 10.1. The first-order valence-corrected chi connectivity index (χ1v) is 6.89. The van der Waals surface area contributed by atoms with Crippen molar-refractivity contribution < 1.29 is 9.32 Å². The van der Waals surface area contributed by atoms with E-state index < -0.39 is 0 Å². The van der Waals surface area contributed by atoms with Crippen LogP contribution in [-0.2, 0) is 0 Å². The fourth-order valence-electron chi connectivity index (χ4n) is 2.55. The largest absolute Gasteiger partial charge is 0.359 e. The molecule has 1 unspecified atom stereocenters. The predicted octanol–water partition coefficient (Wildman–Crippen LogP) is 3.01. The van der Waals surface area contributed by atoms with Crippen LogP contribution in [0.25, 0.3) is 0 Å². The fraction of sp³-hybridized carbons (Fsp3) is 0.357. The van der Waals surface area contributed by atoms with Crippen LogP contribution < -0.4 is 0 Å². The standard InChI is InChI=1S/C14H14ClN3O2/c1-9-8-12(20-17-9)11-5-3-7-18(11)14(19)10-4-2-6-16-13(10)15/h2,4,6,8,11H,3,5,7H2,1H3. The second kappa shape index (κ2) is 5.25. The van der Waals surface area contributed by atoms with Crippen LogP contribution in [0.2, 0.25) is 5.15 Å². The molecule has 0 saturated carbocycles. The fourth-order valence-corrected chi connectivity index (χ4v) is 2.75. The van der Waals surface area contributed by atoms with Crippen LogP contribution in [0.5, 0.6) is 0 Å². The van der Waals surface area contributed by atoms with Gasteiger partial charge in [-0.05, 0) is 31.9 Å². The second-order valence-electron chi connectivity index (χ2n) is 4.87. The first-order chi connectivity index (χ1) is 9.66. The maximum absolute atomic E-state index is 12.6. The molecular formula is C14H14ClN3O2. The van der Waals surface area contributed by atoms with Gasteiger partial charge in [0.1, 0.15) is 5.15 Å². The summed E-state index contributed by atoms with van der Waals surface area (Å²) < 4.78 is 5.30. The minimum atomic E-state index is -0.111. The number of likely N-dealkylation sites (tertiary alicyclic amines) is 1. The summed E-state index contributed by atoms with van der Waals surface area (Å²) in [4.78, 5) is 18.3. The summed E-state index contributed by atoms with van der Waals surface area (Å²) in [6.07, 6.45) is 3.38. The quantitative estimate of drug-likeness (QED) is 0.798. The van der Waals surface area contributed by atoms with Crippen LogP contribution in [0.4, 0.5) is 0 Å². The van der Waals surface area contributed by atoms with Crippen molar-refractivity contribution in [2.45, 2.75) is 25.8 Å². The average molecular weight is 292 g/mol. The van der Waals surface area contributed by atoms with Crippen LogP contribution in [0.3, 0.4) is 0 Å². The number of halogens is 1. The van der Waals surface area contributed by atoms with Crippen LogP contribution in [-0.4, -0.2) is 27.5 Å². The molecule has 1 amide bonds. The first-order valence-electron chi connectivity index (χ1n) is 6.51. The lowest BCUT2D eigenvalue weighted by Gasteiger charge is -2.22. The highest BCUT2D eigenvalue weighted by atomic mass is 35.5. The van der Waals surface area contributed by atoms with Crippen molar-refractivity contribution in [3.05, 3.63) is 46.6 Å². The van der Waals surface area contributed by atoms with Crippen molar-refractivity contribution in [2.24, 2.45) is 0 Å². The summed E-state index contributed by atoms with van der Waals surface area (Å²) >= 11 is 6.00. The van der Waals surface area contributed by atoms with E-state index in [1.807, 2.05) is 13.0 Å². The number of aromatic nitrogens is 2. The number of carbonyl (C=O) groups excluding carboxylic acids is 1. The predicted molar refractivity (Wildman–Crippen MR) is 73.5 cm³/mol. The monoisotopic (exact) mass is 291 g/mol. The van der Waals surface area contributed by atoms with Crippen molar-refractivity contribution in [1.82, 2.24) is 15.0 Å². The van der Waals surface area contributed by atoms with Gasteiger partial charge in [-0.15, -0.1) is 0 Å². The van der Waals surface area contributed by atoms with Gasteiger partial charge in [-0.2, -0.15) is 0 Å². The Morgan fingerprint density at radius 1 is 1.55 bits per heavy atom. The first kappa shape index (κ1) is 13.1. The van der Waals surface area contributed by atoms with Crippen LogP contribution in [0, 0.1) is 6.92 Å². The van der Waals surface area contributed by atoms with Gasteiger partial charge in [-0.1, -0.05) is 16.8 Å². The average Bonchev–Trinajstić information content (AvgIpc) is 3.06.